The molecule has 4 heterocycles. The lowest BCUT2D eigenvalue weighted by atomic mass is 10.00. The lowest BCUT2D eigenvalue weighted by Crippen LogP contribution is -2.49. The Morgan fingerprint density at radius 2 is 1.75 bits per heavy atom. The van der Waals surface area contributed by atoms with Gasteiger partial charge < -0.3 is 19.4 Å². The summed E-state index contributed by atoms with van der Waals surface area (Å²) in [5.74, 6) is 1.08. The number of likely N-dealkylation sites (tertiary alicyclic amines) is 2. The summed E-state index contributed by atoms with van der Waals surface area (Å²) in [6.07, 6.45) is 10.6. The molecule has 0 spiro atoms. The first-order chi connectivity index (χ1) is 13.8. The number of nitrogens with zero attached hydrogens (tertiary/aromatic N) is 4. The summed E-state index contributed by atoms with van der Waals surface area (Å²) in [6, 6.07) is 4.20. The third-order valence-electron chi connectivity index (χ3n) is 6.38. The molecule has 3 saturated heterocycles. The number of pyridine rings is 1. The van der Waals surface area contributed by atoms with Crippen molar-refractivity contribution in [3.8, 4) is 0 Å². The molecule has 3 aliphatic heterocycles. The van der Waals surface area contributed by atoms with Gasteiger partial charge in [0.15, 0.2) is 0 Å². The molecule has 0 unspecified atom stereocenters. The molecule has 1 atom stereocenters. The highest BCUT2D eigenvalue weighted by Gasteiger charge is 2.29. The van der Waals surface area contributed by atoms with Crippen LogP contribution in [-0.4, -0.2) is 79.2 Å². The van der Waals surface area contributed by atoms with Crippen LogP contribution in [0, 0.1) is 0 Å². The van der Waals surface area contributed by atoms with Crippen LogP contribution in [0.5, 0.6) is 0 Å². The molecular formula is C22H34N4O2. The molecule has 1 aromatic heterocycles. The van der Waals surface area contributed by atoms with Gasteiger partial charge in [0.2, 0.25) is 0 Å². The first-order valence-corrected chi connectivity index (χ1v) is 11.1. The van der Waals surface area contributed by atoms with Crippen molar-refractivity contribution in [2.45, 2.75) is 51.0 Å². The Hall–Kier alpha value is -1.66. The molecule has 6 heteroatoms. The van der Waals surface area contributed by atoms with Crippen LogP contribution >= 0.6 is 0 Å². The van der Waals surface area contributed by atoms with Gasteiger partial charge in [-0.2, -0.15) is 0 Å². The number of carbonyl (C=O) groups excluding carboxylic acids is 1. The molecule has 0 radical (unpaired) electrons. The fraction of sp³-hybridized carbons (Fsp3) is 0.727. The molecule has 0 saturated carbocycles. The van der Waals surface area contributed by atoms with Crippen molar-refractivity contribution in [3.63, 3.8) is 0 Å². The Labute approximate surface area is 168 Å². The Morgan fingerprint density at radius 1 is 1.00 bits per heavy atom. The van der Waals surface area contributed by atoms with Crippen molar-refractivity contribution in [1.29, 1.82) is 0 Å². The predicted octanol–water partition coefficient (Wildman–Crippen LogP) is 2.79. The molecule has 1 aromatic rings. The van der Waals surface area contributed by atoms with E-state index in [0.29, 0.717) is 6.04 Å². The van der Waals surface area contributed by atoms with Gasteiger partial charge in [-0.25, -0.2) is 4.98 Å². The Balaban J connectivity index is 1.45. The smallest absolute Gasteiger partial charge is 0.254 e. The molecule has 28 heavy (non-hydrogen) atoms. The van der Waals surface area contributed by atoms with Crippen molar-refractivity contribution < 1.29 is 9.53 Å². The maximum Gasteiger partial charge on any atom is 0.254 e. The van der Waals surface area contributed by atoms with E-state index < -0.39 is 0 Å². The molecule has 3 fully saturated rings. The lowest BCUT2D eigenvalue weighted by Gasteiger charge is -2.39. The average molecular weight is 387 g/mol. The zero-order valence-corrected chi connectivity index (χ0v) is 17.0. The van der Waals surface area contributed by atoms with Crippen molar-refractivity contribution in [2.75, 3.05) is 57.4 Å². The van der Waals surface area contributed by atoms with Gasteiger partial charge in [-0.3, -0.25) is 4.79 Å². The van der Waals surface area contributed by atoms with Gasteiger partial charge in [0.25, 0.3) is 5.91 Å². The fourth-order valence-electron chi connectivity index (χ4n) is 4.76. The summed E-state index contributed by atoms with van der Waals surface area (Å²) in [5.41, 5.74) is 0.777. The number of rotatable bonds is 4. The fourth-order valence-corrected chi connectivity index (χ4v) is 4.76. The second-order valence-electron chi connectivity index (χ2n) is 8.37. The third-order valence-corrected chi connectivity index (χ3v) is 6.38. The Kier molecular flexibility index (Phi) is 6.81. The molecule has 0 aromatic carbocycles. The standard InChI is InChI=1S/C22H34N4O2/c27-22(19-8-9-23-21(17-19)25-13-15-28-16-14-25)26-12-6-3-7-20(26)18-24-10-4-1-2-5-11-24/h8-9,17,20H,1-7,10-16,18H2/t20-/m0/s1. The van der Waals surface area contributed by atoms with Gasteiger partial charge in [0.05, 0.1) is 13.2 Å². The number of piperidine rings is 1. The van der Waals surface area contributed by atoms with E-state index in [0.717, 1.165) is 63.6 Å². The minimum absolute atomic E-state index is 0.177. The van der Waals surface area contributed by atoms with Crippen LogP contribution in [-0.2, 0) is 4.74 Å². The number of anilines is 1. The summed E-state index contributed by atoms with van der Waals surface area (Å²) in [7, 11) is 0. The van der Waals surface area contributed by atoms with Gasteiger partial charge in [0, 0.05) is 44.0 Å². The van der Waals surface area contributed by atoms with E-state index in [1.165, 1.54) is 45.2 Å². The second kappa shape index (κ2) is 9.70. The number of hydrogen-bond acceptors (Lipinski definition) is 5. The van der Waals surface area contributed by atoms with Crippen molar-refractivity contribution in [3.05, 3.63) is 23.9 Å². The average Bonchev–Trinajstić information content (AvgIpc) is 3.03. The second-order valence-corrected chi connectivity index (χ2v) is 8.37. The predicted molar refractivity (Wildman–Crippen MR) is 111 cm³/mol. The molecule has 3 aliphatic rings. The van der Waals surface area contributed by atoms with Crippen LogP contribution in [0.15, 0.2) is 18.3 Å². The first kappa shape index (κ1) is 19.6. The van der Waals surface area contributed by atoms with E-state index in [4.69, 9.17) is 4.74 Å². The number of amides is 1. The first-order valence-electron chi connectivity index (χ1n) is 11.1. The van der Waals surface area contributed by atoms with E-state index >= 15 is 0 Å². The van der Waals surface area contributed by atoms with Crippen molar-refractivity contribution in [2.24, 2.45) is 0 Å². The van der Waals surface area contributed by atoms with Gasteiger partial charge >= 0.3 is 0 Å². The minimum atomic E-state index is 0.177. The van der Waals surface area contributed by atoms with Gasteiger partial charge in [-0.15, -0.1) is 0 Å². The molecule has 154 valence electrons. The minimum Gasteiger partial charge on any atom is -0.378 e. The van der Waals surface area contributed by atoms with E-state index in [9.17, 15) is 4.79 Å². The number of ether oxygens (including phenoxy) is 1. The maximum atomic E-state index is 13.4. The number of aromatic nitrogens is 1. The van der Waals surface area contributed by atoms with Crippen LogP contribution in [0.3, 0.4) is 0 Å². The molecular weight excluding hydrogens is 352 g/mol. The van der Waals surface area contributed by atoms with Crippen LogP contribution in [0.1, 0.15) is 55.3 Å². The van der Waals surface area contributed by atoms with Gasteiger partial charge in [-0.1, -0.05) is 12.8 Å². The van der Waals surface area contributed by atoms with Gasteiger partial charge in [0.1, 0.15) is 5.82 Å². The SMILES string of the molecule is O=C(c1ccnc(N2CCOCC2)c1)N1CCCC[C@H]1CN1CCCCCC1. The highest BCUT2D eigenvalue weighted by atomic mass is 16.5. The molecule has 4 rings (SSSR count). The van der Waals surface area contributed by atoms with Crippen LogP contribution < -0.4 is 4.90 Å². The van der Waals surface area contributed by atoms with Gasteiger partial charge in [-0.05, 0) is 57.3 Å². The third kappa shape index (κ3) is 4.84. The van der Waals surface area contributed by atoms with E-state index in [2.05, 4.69) is 19.7 Å². The summed E-state index contributed by atoms with van der Waals surface area (Å²) in [4.78, 5) is 24.8. The van der Waals surface area contributed by atoms with E-state index in [1.807, 2.05) is 12.1 Å². The highest BCUT2D eigenvalue weighted by Crippen LogP contribution is 2.23. The topological polar surface area (TPSA) is 48.9 Å². The van der Waals surface area contributed by atoms with Crippen molar-refractivity contribution >= 4 is 11.7 Å². The van der Waals surface area contributed by atoms with E-state index in [1.54, 1.807) is 6.20 Å². The van der Waals surface area contributed by atoms with Crippen LogP contribution in [0.25, 0.3) is 0 Å². The van der Waals surface area contributed by atoms with Crippen LogP contribution in [0.2, 0.25) is 0 Å². The summed E-state index contributed by atoms with van der Waals surface area (Å²) in [5, 5.41) is 0. The quantitative estimate of drug-likeness (QED) is 0.796. The largest absolute Gasteiger partial charge is 0.378 e. The Bertz CT molecular complexity index is 639. The molecule has 0 bridgehead atoms. The molecule has 0 N–H and O–H groups in total. The highest BCUT2D eigenvalue weighted by molar-refractivity contribution is 5.95. The Morgan fingerprint density at radius 3 is 2.54 bits per heavy atom. The molecule has 0 aliphatic carbocycles. The zero-order chi connectivity index (χ0) is 19.2. The summed E-state index contributed by atoms with van der Waals surface area (Å²) in [6.45, 7) is 7.43. The maximum absolute atomic E-state index is 13.4. The zero-order valence-electron chi connectivity index (χ0n) is 17.0. The molecule has 6 nitrogen and oxygen atoms in total. The number of morpholine rings is 1. The number of carbonyl (C=O) groups is 1. The van der Waals surface area contributed by atoms with E-state index in [-0.39, 0.29) is 5.91 Å². The summed E-state index contributed by atoms with van der Waals surface area (Å²) < 4.78 is 5.44. The lowest BCUT2D eigenvalue weighted by molar-refractivity contribution is 0.0547. The molecule has 1 amide bonds. The number of hydrogen-bond donors (Lipinski definition) is 0. The monoisotopic (exact) mass is 386 g/mol. The van der Waals surface area contributed by atoms with Crippen LogP contribution in [0.4, 0.5) is 5.82 Å². The normalized spacial score (nSPS) is 24.8. The van der Waals surface area contributed by atoms with Crippen molar-refractivity contribution in [1.82, 2.24) is 14.8 Å². The summed E-state index contributed by atoms with van der Waals surface area (Å²) >= 11 is 0.